The molecule has 0 heterocycles. The first-order chi connectivity index (χ1) is 12.2. The van der Waals surface area contributed by atoms with Gasteiger partial charge < -0.3 is 10.6 Å². The van der Waals surface area contributed by atoms with Crippen molar-refractivity contribution in [3.63, 3.8) is 0 Å². The van der Waals surface area contributed by atoms with Crippen molar-refractivity contribution in [1.29, 1.82) is 0 Å². The third-order valence-corrected chi connectivity index (χ3v) is 4.13. The Morgan fingerprint density at radius 1 is 0.800 bits per heavy atom. The Morgan fingerprint density at radius 3 is 2.12 bits per heavy atom. The molecule has 0 saturated carbocycles. The summed E-state index contributed by atoms with van der Waals surface area (Å²) in [6, 6.07) is 27.6. The van der Waals surface area contributed by atoms with Crippen molar-refractivity contribution in [3.05, 3.63) is 96.1 Å². The van der Waals surface area contributed by atoms with E-state index < -0.39 is 0 Å². The summed E-state index contributed by atoms with van der Waals surface area (Å²) in [6.45, 7) is 0.570. The van der Waals surface area contributed by atoms with Gasteiger partial charge in [-0.1, -0.05) is 60.7 Å². The monoisotopic (exact) mass is 330 g/mol. The first kappa shape index (κ1) is 16.8. The molecule has 2 N–H and O–H groups in total. The molecule has 0 unspecified atom stereocenters. The molecule has 1 amide bonds. The molecule has 3 rings (SSSR count). The Kier molecular flexibility index (Phi) is 5.47. The third kappa shape index (κ3) is 4.70. The Balaban J connectivity index is 1.75. The Morgan fingerprint density at radius 2 is 1.44 bits per heavy atom. The van der Waals surface area contributed by atoms with Crippen molar-refractivity contribution in [2.75, 3.05) is 10.6 Å². The second kappa shape index (κ2) is 8.15. The van der Waals surface area contributed by atoms with Gasteiger partial charge in [0.1, 0.15) is 0 Å². The van der Waals surface area contributed by atoms with Crippen LogP contribution in [0, 0.1) is 0 Å². The second-order valence-corrected chi connectivity index (χ2v) is 6.05. The largest absolute Gasteiger partial charge is 0.399 e. The normalized spacial score (nSPS) is 10.4. The van der Waals surface area contributed by atoms with E-state index in [-0.39, 0.29) is 5.91 Å². The highest BCUT2D eigenvalue weighted by Gasteiger charge is 2.16. The van der Waals surface area contributed by atoms with Crippen LogP contribution >= 0.6 is 0 Å². The van der Waals surface area contributed by atoms with Gasteiger partial charge in [0, 0.05) is 17.8 Å². The van der Waals surface area contributed by atoms with E-state index in [4.69, 9.17) is 5.73 Å². The number of hydrogen-bond acceptors (Lipinski definition) is 2. The van der Waals surface area contributed by atoms with Crippen LogP contribution in [0.15, 0.2) is 84.9 Å². The summed E-state index contributed by atoms with van der Waals surface area (Å²) in [5.41, 5.74) is 9.67. The number of nitrogens with zero attached hydrogens (tertiary/aromatic N) is 1. The number of nitrogen functional groups attached to an aromatic ring is 1. The topological polar surface area (TPSA) is 46.3 Å². The molecular formula is C22H22N2O. The molecule has 0 aliphatic heterocycles. The predicted molar refractivity (Wildman–Crippen MR) is 103 cm³/mol. The fourth-order valence-electron chi connectivity index (χ4n) is 2.83. The van der Waals surface area contributed by atoms with E-state index >= 15 is 0 Å². The zero-order valence-corrected chi connectivity index (χ0v) is 14.1. The summed E-state index contributed by atoms with van der Waals surface area (Å²) in [4.78, 5) is 14.7. The van der Waals surface area contributed by atoms with Crippen molar-refractivity contribution in [2.24, 2.45) is 0 Å². The van der Waals surface area contributed by atoms with Gasteiger partial charge in [0.25, 0.3) is 0 Å². The van der Waals surface area contributed by atoms with Crippen molar-refractivity contribution in [1.82, 2.24) is 0 Å². The smallest absolute Gasteiger partial charge is 0.227 e. The Hall–Kier alpha value is -3.07. The minimum atomic E-state index is 0.109. The molecule has 0 spiro atoms. The molecule has 126 valence electrons. The lowest BCUT2D eigenvalue weighted by molar-refractivity contribution is -0.118. The van der Waals surface area contributed by atoms with Crippen LogP contribution in [0.25, 0.3) is 0 Å². The fourth-order valence-corrected chi connectivity index (χ4v) is 2.83. The number of nitrogens with two attached hydrogens (primary N) is 1. The summed E-state index contributed by atoms with van der Waals surface area (Å²) >= 11 is 0. The van der Waals surface area contributed by atoms with Gasteiger partial charge in [0.2, 0.25) is 5.91 Å². The van der Waals surface area contributed by atoms with Crippen LogP contribution < -0.4 is 10.6 Å². The minimum absolute atomic E-state index is 0.109. The number of carbonyl (C=O) groups excluding carboxylic acids is 1. The molecule has 0 fully saturated rings. The van der Waals surface area contributed by atoms with Gasteiger partial charge in [0.05, 0.1) is 6.54 Å². The maximum Gasteiger partial charge on any atom is 0.227 e. The molecular weight excluding hydrogens is 308 g/mol. The molecule has 0 aliphatic rings. The minimum Gasteiger partial charge on any atom is -0.399 e. The van der Waals surface area contributed by atoms with Crippen LogP contribution in [-0.2, 0) is 17.8 Å². The number of anilines is 2. The van der Waals surface area contributed by atoms with Crippen LogP contribution in [0.2, 0.25) is 0 Å². The van der Waals surface area contributed by atoms with Crippen molar-refractivity contribution < 1.29 is 4.79 Å². The lowest BCUT2D eigenvalue weighted by Gasteiger charge is -2.23. The maximum absolute atomic E-state index is 12.9. The summed E-state index contributed by atoms with van der Waals surface area (Å²) < 4.78 is 0. The first-order valence-electron chi connectivity index (χ1n) is 8.46. The van der Waals surface area contributed by atoms with Crippen LogP contribution in [0.4, 0.5) is 11.4 Å². The van der Waals surface area contributed by atoms with Crippen molar-refractivity contribution >= 4 is 17.3 Å². The number of benzene rings is 3. The molecule has 3 aromatic carbocycles. The van der Waals surface area contributed by atoms with E-state index in [9.17, 15) is 4.79 Å². The number of hydrogen-bond donors (Lipinski definition) is 1. The molecule has 0 radical (unpaired) electrons. The van der Waals surface area contributed by atoms with E-state index in [1.54, 1.807) is 0 Å². The Labute approximate surface area is 148 Å². The maximum atomic E-state index is 12.9. The van der Waals surface area contributed by atoms with E-state index in [0.29, 0.717) is 19.4 Å². The predicted octanol–water partition coefficient (Wildman–Crippen LogP) is 4.43. The average Bonchev–Trinajstić information content (AvgIpc) is 2.66. The highest BCUT2D eigenvalue weighted by Crippen LogP contribution is 2.19. The Bertz CT molecular complexity index is 816. The molecule has 0 aromatic heterocycles. The van der Waals surface area contributed by atoms with Gasteiger partial charge in [-0.05, 0) is 41.8 Å². The van der Waals surface area contributed by atoms with Crippen LogP contribution in [0.5, 0.6) is 0 Å². The van der Waals surface area contributed by atoms with Gasteiger partial charge in [-0.15, -0.1) is 0 Å². The lowest BCUT2D eigenvalue weighted by atomic mass is 10.1. The molecule has 3 heteroatoms. The number of para-hydroxylation sites is 1. The van der Waals surface area contributed by atoms with Gasteiger partial charge in [-0.25, -0.2) is 0 Å². The molecule has 0 aliphatic carbocycles. The SMILES string of the molecule is Nc1cccc(CCC(=O)N(Cc2ccccc2)c2ccccc2)c1. The van der Waals surface area contributed by atoms with Crippen LogP contribution in [0.1, 0.15) is 17.5 Å². The van der Waals surface area contributed by atoms with E-state index in [2.05, 4.69) is 0 Å². The summed E-state index contributed by atoms with van der Waals surface area (Å²) in [7, 11) is 0. The zero-order valence-electron chi connectivity index (χ0n) is 14.1. The average molecular weight is 330 g/mol. The van der Waals surface area contributed by atoms with Crippen molar-refractivity contribution in [2.45, 2.75) is 19.4 Å². The number of amides is 1. The van der Waals surface area contributed by atoms with Gasteiger partial charge in [-0.2, -0.15) is 0 Å². The molecule has 0 saturated heterocycles. The molecule has 3 aromatic rings. The van der Waals surface area contributed by atoms with E-state index in [1.165, 1.54) is 0 Å². The van der Waals surface area contributed by atoms with Crippen molar-refractivity contribution in [3.8, 4) is 0 Å². The van der Waals surface area contributed by atoms with Gasteiger partial charge in [-0.3, -0.25) is 4.79 Å². The highest BCUT2D eigenvalue weighted by atomic mass is 16.2. The summed E-state index contributed by atoms with van der Waals surface area (Å²) in [6.07, 6.45) is 1.13. The fraction of sp³-hybridized carbons (Fsp3) is 0.136. The standard InChI is InChI=1S/C22H22N2O/c23-20-11-7-10-18(16-20)14-15-22(25)24(21-12-5-2-6-13-21)17-19-8-3-1-4-9-19/h1-13,16H,14-15,17,23H2. The molecule has 0 bridgehead atoms. The second-order valence-electron chi connectivity index (χ2n) is 6.05. The third-order valence-electron chi connectivity index (χ3n) is 4.13. The quantitative estimate of drug-likeness (QED) is 0.679. The van der Waals surface area contributed by atoms with Gasteiger partial charge in [0.15, 0.2) is 0 Å². The van der Waals surface area contributed by atoms with Gasteiger partial charge >= 0.3 is 0 Å². The zero-order chi connectivity index (χ0) is 17.5. The number of carbonyl (C=O) groups is 1. The van der Waals surface area contributed by atoms with Crippen LogP contribution in [-0.4, -0.2) is 5.91 Å². The van der Waals surface area contributed by atoms with E-state index in [0.717, 1.165) is 22.5 Å². The summed E-state index contributed by atoms with van der Waals surface area (Å²) in [5.74, 6) is 0.109. The number of aryl methyl sites for hydroxylation is 1. The molecule has 0 atom stereocenters. The molecule has 25 heavy (non-hydrogen) atoms. The lowest BCUT2D eigenvalue weighted by Crippen LogP contribution is -2.30. The number of rotatable bonds is 6. The first-order valence-corrected chi connectivity index (χ1v) is 8.46. The summed E-state index contributed by atoms with van der Waals surface area (Å²) in [5, 5.41) is 0. The highest BCUT2D eigenvalue weighted by molar-refractivity contribution is 5.93. The molecule has 3 nitrogen and oxygen atoms in total. The van der Waals surface area contributed by atoms with Crippen LogP contribution in [0.3, 0.4) is 0 Å². The van der Waals surface area contributed by atoms with E-state index in [1.807, 2.05) is 89.8 Å².